The van der Waals surface area contributed by atoms with E-state index in [1.54, 1.807) is 25.7 Å². The Morgan fingerprint density at radius 1 is 1.00 bits per heavy atom. The summed E-state index contributed by atoms with van der Waals surface area (Å²) in [7, 11) is 2.00. The zero-order valence-electron chi connectivity index (χ0n) is 14.8. The third kappa shape index (κ3) is 4.73. The molecule has 0 aliphatic carbocycles. The first-order valence-electron chi connectivity index (χ1n) is 8.20. The van der Waals surface area contributed by atoms with E-state index in [4.69, 9.17) is 4.74 Å². The summed E-state index contributed by atoms with van der Waals surface area (Å²) in [5, 5.41) is 0. The van der Waals surface area contributed by atoms with Crippen LogP contribution in [0.3, 0.4) is 0 Å². The van der Waals surface area contributed by atoms with Gasteiger partial charge < -0.3 is 14.5 Å². The molecule has 2 fully saturated rings. The molecule has 0 aromatic carbocycles. The number of amides is 4. The van der Waals surface area contributed by atoms with E-state index in [0.717, 1.165) is 13.1 Å². The Bertz CT molecular complexity index is 497. The van der Waals surface area contributed by atoms with E-state index < -0.39 is 23.6 Å². The maximum absolute atomic E-state index is 12.1. The zero-order chi connectivity index (χ0) is 17.9. The van der Waals surface area contributed by atoms with Crippen LogP contribution >= 0.6 is 0 Å². The van der Waals surface area contributed by atoms with Crippen molar-refractivity contribution in [2.24, 2.45) is 0 Å². The average Bonchev–Trinajstić information content (AvgIpc) is 2.42. The molecule has 0 radical (unpaired) electrons. The van der Waals surface area contributed by atoms with Crippen LogP contribution in [-0.4, -0.2) is 84.1 Å². The molecule has 2 rings (SSSR count). The lowest BCUT2D eigenvalue weighted by molar-refractivity contribution is -0.131. The molecule has 2 N–H and O–H groups in total. The van der Waals surface area contributed by atoms with Crippen LogP contribution in [0, 0.1) is 0 Å². The number of hydrogen-bond acceptors (Lipinski definition) is 5. The summed E-state index contributed by atoms with van der Waals surface area (Å²) in [6, 6.07) is -0.938. The summed E-state index contributed by atoms with van der Waals surface area (Å²) in [6.45, 7) is 8.63. The van der Waals surface area contributed by atoms with Crippen LogP contribution in [0.4, 0.5) is 9.59 Å². The molecular weight excluding hydrogens is 314 g/mol. The first-order chi connectivity index (χ1) is 11.2. The van der Waals surface area contributed by atoms with Gasteiger partial charge in [-0.15, -0.1) is 0 Å². The fourth-order valence-electron chi connectivity index (χ4n) is 2.49. The Balaban J connectivity index is 1.76. The molecule has 0 unspecified atom stereocenters. The van der Waals surface area contributed by atoms with Gasteiger partial charge >= 0.3 is 12.1 Å². The molecule has 0 bridgehead atoms. The second-order valence-corrected chi connectivity index (χ2v) is 7.19. The Morgan fingerprint density at radius 3 is 2.12 bits per heavy atom. The van der Waals surface area contributed by atoms with Crippen molar-refractivity contribution in [3.8, 4) is 0 Å². The molecule has 4 amide bonds. The molecule has 0 saturated carbocycles. The molecule has 2 aliphatic rings. The predicted molar refractivity (Wildman–Crippen MR) is 87.1 cm³/mol. The van der Waals surface area contributed by atoms with Crippen LogP contribution in [0.2, 0.25) is 0 Å². The highest BCUT2D eigenvalue weighted by Crippen LogP contribution is 2.21. The molecule has 0 aromatic rings. The highest BCUT2D eigenvalue weighted by atomic mass is 16.6. The second-order valence-electron chi connectivity index (χ2n) is 7.19. The number of piperazine rings is 1. The van der Waals surface area contributed by atoms with Gasteiger partial charge in [0, 0.05) is 32.7 Å². The predicted octanol–water partition coefficient (Wildman–Crippen LogP) is -0.0160. The van der Waals surface area contributed by atoms with Crippen molar-refractivity contribution in [1.82, 2.24) is 25.6 Å². The van der Waals surface area contributed by atoms with Gasteiger partial charge in [0.1, 0.15) is 11.6 Å². The van der Waals surface area contributed by atoms with Gasteiger partial charge in [-0.2, -0.15) is 0 Å². The van der Waals surface area contributed by atoms with Crippen LogP contribution in [0.1, 0.15) is 27.2 Å². The van der Waals surface area contributed by atoms with Crippen molar-refractivity contribution >= 4 is 18.0 Å². The smallest absolute Gasteiger partial charge is 0.410 e. The molecule has 24 heavy (non-hydrogen) atoms. The first kappa shape index (κ1) is 18.3. The number of carbonyl (C=O) groups excluding carboxylic acids is 3. The lowest BCUT2D eigenvalue weighted by Gasteiger charge is -2.40. The van der Waals surface area contributed by atoms with E-state index in [1.165, 1.54) is 4.90 Å². The molecule has 1 atom stereocenters. The van der Waals surface area contributed by atoms with Gasteiger partial charge in [0.2, 0.25) is 0 Å². The molecule has 2 heterocycles. The van der Waals surface area contributed by atoms with Gasteiger partial charge in [0.15, 0.2) is 0 Å². The molecule has 136 valence electrons. The van der Waals surface area contributed by atoms with Crippen molar-refractivity contribution in [2.45, 2.75) is 38.8 Å². The number of likely N-dealkylation sites (tertiary alicyclic amines) is 1. The first-order valence-corrected chi connectivity index (χ1v) is 8.20. The lowest BCUT2D eigenvalue weighted by atomic mass is 10.0. The van der Waals surface area contributed by atoms with Crippen LogP contribution in [-0.2, 0) is 9.53 Å². The van der Waals surface area contributed by atoms with Crippen molar-refractivity contribution in [3.63, 3.8) is 0 Å². The van der Waals surface area contributed by atoms with E-state index in [2.05, 4.69) is 15.8 Å². The van der Waals surface area contributed by atoms with Crippen molar-refractivity contribution in [3.05, 3.63) is 0 Å². The summed E-state index contributed by atoms with van der Waals surface area (Å²) in [6.07, 6.45) is 0.0365. The number of rotatable bonds is 1. The Kier molecular flexibility index (Phi) is 5.53. The molecule has 9 nitrogen and oxygen atoms in total. The van der Waals surface area contributed by atoms with Gasteiger partial charge in [0.05, 0.1) is 0 Å². The fraction of sp³-hybridized carbons (Fsp3) is 0.800. The number of nitrogens with zero attached hydrogens (tertiary/aromatic N) is 3. The lowest BCUT2D eigenvalue weighted by Crippen LogP contribution is -2.62. The zero-order valence-corrected chi connectivity index (χ0v) is 14.8. The number of ether oxygens (including phenoxy) is 1. The van der Waals surface area contributed by atoms with Crippen molar-refractivity contribution in [2.75, 3.05) is 39.8 Å². The summed E-state index contributed by atoms with van der Waals surface area (Å²) in [5.74, 6) is -0.408. The minimum Gasteiger partial charge on any atom is -0.444 e. The van der Waals surface area contributed by atoms with E-state index in [-0.39, 0.29) is 6.03 Å². The van der Waals surface area contributed by atoms with E-state index >= 15 is 0 Å². The molecule has 0 spiro atoms. The van der Waals surface area contributed by atoms with Crippen LogP contribution in [0.15, 0.2) is 0 Å². The number of nitrogens with one attached hydrogen (secondary N) is 2. The standard InChI is InChI=1S/C15H27N5O4/c1-15(2,3)24-14(23)20-6-5-11(20)12(21)16-17-13(22)19-9-7-18(4)8-10-19/h11H,5-10H2,1-4H3,(H,16,21)(H,17,22)/t11-/m1/s1. The van der Waals surface area contributed by atoms with Crippen LogP contribution < -0.4 is 10.9 Å². The molecular formula is C15H27N5O4. The monoisotopic (exact) mass is 341 g/mol. The highest BCUT2D eigenvalue weighted by molar-refractivity contribution is 5.88. The molecule has 0 aromatic heterocycles. The number of urea groups is 1. The second kappa shape index (κ2) is 7.25. The summed E-state index contributed by atoms with van der Waals surface area (Å²) in [4.78, 5) is 41.3. The van der Waals surface area contributed by atoms with E-state index in [1.807, 2.05) is 7.05 Å². The quantitative estimate of drug-likeness (QED) is 0.654. The summed E-state index contributed by atoms with van der Waals surface area (Å²) < 4.78 is 5.26. The van der Waals surface area contributed by atoms with Crippen molar-refractivity contribution in [1.29, 1.82) is 0 Å². The topological polar surface area (TPSA) is 94.2 Å². The maximum atomic E-state index is 12.1. The van der Waals surface area contributed by atoms with Gasteiger partial charge in [-0.25, -0.2) is 15.0 Å². The normalized spacial score (nSPS) is 21.8. The number of carbonyl (C=O) groups is 3. The minimum absolute atomic E-state index is 0.334. The molecule has 2 saturated heterocycles. The van der Waals surface area contributed by atoms with Gasteiger partial charge in [0.25, 0.3) is 5.91 Å². The van der Waals surface area contributed by atoms with E-state index in [0.29, 0.717) is 26.1 Å². The third-order valence-corrected chi connectivity index (χ3v) is 4.03. The third-order valence-electron chi connectivity index (χ3n) is 4.03. The number of likely N-dealkylation sites (N-methyl/N-ethyl adjacent to an activating group) is 1. The fourth-order valence-corrected chi connectivity index (χ4v) is 2.49. The van der Waals surface area contributed by atoms with Gasteiger partial charge in [-0.1, -0.05) is 0 Å². The summed E-state index contributed by atoms with van der Waals surface area (Å²) >= 11 is 0. The Labute approximate surface area is 142 Å². The van der Waals surface area contributed by atoms with Crippen molar-refractivity contribution < 1.29 is 19.1 Å². The largest absolute Gasteiger partial charge is 0.444 e. The van der Waals surface area contributed by atoms with Crippen LogP contribution in [0.25, 0.3) is 0 Å². The van der Waals surface area contributed by atoms with Gasteiger partial charge in [-0.3, -0.25) is 15.1 Å². The maximum Gasteiger partial charge on any atom is 0.410 e. The number of hydrazine groups is 1. The van der Waals surface area contributed by atoms with Crippen LogP contribution in [0.5, 0.6) is 0 Å². The molecule has 9 heteroatoms. The SMILES string of the molecule is CN1CCN(C(=O)NNC(=O)[C@H]2CCN2C(=O)OC(C)(C)C)CC1. The minimum atomic E-state index is -0.608. The molecule has 2 aliphatic heterocycles. The van der Waals surface area contributed by atoms with Gasteiger partial charge in [-0.05, 0) is 34.2 Å². The summed E-state index contributed by atoms with van der Waals surface area (Å²) in [5.41, 5.74) is 4.20. The average molecular weight is 341 g/mol. The highest BCUT2D eigenvalue weighted by Gasteiger charge is 2.40. The Morgan fingerprint density at radius 2 is 1.62 bits per heavy atom. The Hall–Kier alpha value is -2.03. The van der Waals surface area contributed by atoms with E-state index in [9.17, 15) is 14.4 Å². The number of hydrogen-bond donors (Lipinski definition) is 2.